The van der Waals surface area contributed by atoms with Gasteiger partial charge in [-0.15, -0.1) is 0 Å². The molecule has 3 heteroatoms. The average molecular weight is 650 g/mol. The van der Waals surface area contributed by atoms with Gasteiger partial charge in [0.05, 0.1) is 27.8 Å². The Morgan fingerprint density at radius 2 is 1.22 bits per heavy atom. The van der Waals surface area contributed by atoms with Crippen LogP contribution in [0.5, 0.6) is 0 Å². The highest BCUT2D eigenvalue weighted by Crippen LogP contribution is 2.66. The number of hydrogen-bond donors (Lipinski definition) is 1. The van der Waals surface area contributed by atoms with E-state index in [2.05, 4.69) is 191 Å². The molecule has 3 heterocycles. The Kier molecular flexibility index (Phi) is 5.22. The number of nitrogens with zero attached hydrogens (tertiary/aromatic N) is 2. The fourth-order valence-electron chi connectivity index (χ4n) is 9.84. The van der Waals surface area contributed by atoms with Gasteiger partial charge in [-0.2, -0.15) is 0 Å². The highest BCUT2D eigenvalue weighted by molar-refractivity contribution is 6.21. The van der Waals surface area contributed by atoms with Crippen LogP contribution in [0, 0.1) is 0 Å². The molecule has 1 N–H and O–H groups in total. The highest BCUT2D eigenvalue weighted by Gasteiger charge is 2.54. The average Bonchev–Trinajstić information content (AvgIpc) is 3.85. The lowest BCUT2D eigenvalue weighted by Gasteiger charge is -2.44. The summed E-state index contributed by atoms with van der Waals surface area (Å²) in [5, 5.41) is 9.07. The van der Waals surface area contributed by atoms with Gasteiger partial charge >= 0.3 is 0 Å². The Labute approximate surface area is 295 Å². The van der Waals surface area contributed by atoms with E-state index in [0.29, 0.717) is 0 Å². The number of fused-ring (bicyclic) bond motifs is 14. The van der Waals surface area contributed by atoms with Gasteiger partial charge in [0.25, 0.3) is 0 Å². The molecule has 1 spiro atoms. The largest absolute Gasteiger partial charge is 0.359 e. The van der Waals surface area contributed by atoms with Gasteiger partial charge < -0.3 is 14.8 Å². The van der Waals surface area contributed by atoms with E-state index in [9.17, 15) is 0 Å². The monoisotopic (exact) mass is 649 g/mol. The molecule has 2 aliphatic heterocycles. The molecule has 12 rings (SSSR count). The van der Waals surface area contributed by atoms with Gasteiger partial charge in [0.15, 0.2) is 0 Å². The number of anilines is 3. The van der Waals surface area contributed by atoms with Crippen LogP contribution in [0.3, 0.4) is 0 Å². The van der Waals surface area contributed by atoms with Crippen molar-refractivity contribution in [3.63, 3.8) is 0 Å². The van der Waals surface area contributed by atoms with Crippen molar-refractivity contribution >= 4 is 49.6 Å². The fraction of sp³-hybridized carbons (Fsp3) is 0.0417. The number of rotatable bonds is 2. The van der Waals surface area contributed by atoms with Crippen LogP contribution in [-0.2, 0) is 5.41 Å². The summed E-state index contributed by atoms with van der Waals surface area (Å²) >= 11 is 0. The molecule has 3 nitrogen and oxygen atoms in total. The molecule has 8 aromatic carbocycles. The van der Waals surface area contributed by atoms with E-state index < -0.39 is 5.41 Å². The van der Waals surface area contributed by atoms with Crippen molar-refractivity contribution in [2.24, 2.45) is 0 Å². The Hall–Kier alpha value is -6.58. The van der Waals surface area contributed by atoms with Crippen LogP contribution >= 0.6 is 0 Å². The van der Waals surface area contributed by atoms with Crippen molar-refractivity contribution in [3.05, 3.63) is 204 Å². The second kappa shape index (κ2) is 9.77. The summed E-state index contributed by atoms with van der Waals surface area (Å²) in [6.07, 6.45) is -0.00396. The molecule has 0 bridgehead atoms. The lowest BCUT2D eigenvalue weighted by molar-refractivity contribution is 0.720. The van der Waals surface area contributed by atoms with Crippen LogP contribution in [0.25, 0.3) is 49.4 Å². The van der Waals surface area contributed by atoms with E-state index in [0.717, 1.165) is 0 Å². The second-order valence-electron chi connectivity index (χ2n) is 14.1. The van der Waals surface area contributed by atoms with E-state index in [4.69, 9.17) is 0 Å². The summed E-state index contributed by atoms with van der Waals surface area (Å²) in [7, 11) is 0. The van der Waals surface area contributed by atoms with E-state index in [1.54, 1.807) is 0 Å². The molecule has 0 saturated heterocycles. The molecule has 2 unspecified atom stereocenters. The van der Waals surface area contributed by atoms with E-state index >= 15 is 0 Å². The summed E-state index contributed by atoms with van der Waals surface area (Å²) in [5.74, 6) is 0. The van der Waals surface area contributed by atoms with Gasteiger partial charge in [-0.25, -0.2) is 0 Å². The first-order chi connectivity index (χ1) is 25.3. The minimum absolute atomic E-state index is 0.00396. The van der Waals surface area contributed by atoms with Gasteiger partial charge in [0, 0.05) is 22.1 Å². The Morgan fingerprint density at radius 1 is 0.490 bits per heavy atom. The summed E-state index contributed by atoms with van der Waals surface area (Å²) in [4.78, 5) is 2.54. The third-order valence-electron chi connectivity index (χ3n) is 11.8. The van der Waals surface area contributed by atoms with Gasteiger partial charge in [0.1, 0.15) is 6.17 Å². The first-order valence-electron chi connectivity index (χ1n) is 17.8. The highest BCUT2D eigenvalue weighted by atomic mass is 15.3. The van der Waals surface area contributed by atoms with Crippen molar-refractivity contribution in [1.82, 2.24) is 4.57 Å². The molecular formula is C48H31N3. The third kappa shape index (κ3) is 3.34. The molecule has 9 aromatic rings. The maximum atomic E-state index is 3.94. The van der Waals surface area contributed by atoms with Crippen molar-refractivity contribution < 1.29 is 0 Å². The molecule has 0 radical (unpaired) electrons. The van der Waals surface area contributed by atoms with E-state index in [1.807, 2.05) is 0 Å². The van der Waals surface area contributed by atoms with Gasteiger partial charge in [-0.05, 0) is 86.1 Å². The lowest BCUT2D eigenvalue weighted by Crippen LogP contribution is -2.37. The predicted molar refractivity (Wildman–Crippen MR) is 211 cm³/mol. The predicted octanol–water partition coefficient (Wildman–Crippen LogP) is 11.9. The lowest BCUT2D eigenvalue weighted by atomic mass is 9.64. The molecule has 0 amide bonds. The van der Waals surface area contributed by atoms with Crippen LogP contribution in [-0.4, -0.2) is 4.57 Å². The van der Waals surface area contributed by atoms with Crippen molar-refractivity contribution in [3.8, 4) is 16.8 Å². The first-order valence-corrected chi connectivity index (χ1v) is 17.8. The molecule has 238 valence electrons. The van der Waals surface area contributed by atoms with Gasteiger partial charge in [-0.1, -0.05) is 140 Å². The van der Waals surface area contributed by atoms with Crippen LogP contribution in [0.2, 0.25) is 0 Å². The zero-order valence-corrected chi connectivity index (χ0v) is 27.7. The van der Waals surface area contributed by atoms with Crippen molar-refractivity contribution in [2.45, 2.75) is 11.6 Å². The number of hydrogen-bond acceptors (Lipinski definition) is 2. The second-order valence-corrected chi connectivity index (χ2v) is 14.1. The molecule has 1 aromatic heterocycles. The smallest absolute Gasteiger partial charge is 0.130 e. The minimum Gasteiger partial charge on any atom is -0.359 e. The van der Waals surface area contributed by atoms with Crippen molar-refractivity contribution in [2.75, 3.05) is 10.2 Å². The normalized spacial score (nSPS) is 17.8. The quantitative estimate of drug-likeness (QED) is 0.201. The number of para-hydroxylation sites is 3. The molecule has 3 aliphatic rings. The summed E-state index contributed by atoms with van der Waals surface area (Å²) in [6.45, 7) is 0. The zero-order chi connectivity index (χ0) is 33.3. The molecule has 51 heavy (non-hydrogen) atoms. The van der Waals surface area contributed by atoms with Crippen molar-refractivity contribution in [1.29, 1.82) is 0 Å². The number of nitrogens with one attached hydrogen (secondary N) is 1. The van der Waals surface area contributed by atoms with Crippen LogP contribution in [0.15, 0.2) is 176 Å². The SMILES string of the molecule is c1ccc(C2Nc3cccc4c3N2c2ccccc2C42c3ccccc3-c3ccc(-n4c5ccccc5c5c6ccccc6ccc54)cc32)cc1. The van der Waals surface area contributed by atoms with Crippen LogP contribution < -0.4 is 10.2 Å². The van der Waals surface area contributed by atoms with Gasteiger partial charge in [0.2, 0.25) is 0 Å². The van der Waals surface area contributed by atoms with E-state index in [1.165, 1.54) is 94.3 Å². The maximum Gasteiger partial charge on any atom is 0.130 e. The van der Waals surface area contributed by atoms with E-state index in [-0.39, 0.29) is 6.17 Å². The van der Waals surface area contributed by atoms with Crippen LogP contribution in [0.4, 0.5) is 17.1 Å². The molecule has 1 aliphatic carbocycles. The maximum absolute atomic E-state index is 3.94. The fourth-order valence-corrected chi connectivity index (χ4v) is 9.84. The molecular weight excluding hydrogens is 619 g/mol. The molecule has 0 saturated carbocycles. The van der Waals surface area contributed by atoms with Crippen LogP contribution in [0.1, 0.15) is 34.0 Å². The first kappa shape index (κ1) is 27.3. The summed E-state index contributed by atoms with van der Waals surface area (Å²) in [6, 6.07) is 65.4. The Bertz CT molecular complexity index is 2920. The standard InChI is InChI=1S/C48H31N3/c1-2-14-31(15-3-1)47-49-41-22-12-21-39-46(41)51(47)43-24-11-9-20-38(43)48(39)37-19-8-6-17-34(37)35-27-26-32(29-40(35)48)50-42-23-10-7-18-36(42)45-33-16-5-4-13-30(33)25-28-44(45)50/h1-29,47,49H. The zero-order valence-electron chi connectivity index (χ0n) is 27.7. The number of aromatic nitrogens is 1. The topological polar surface area (TPSA) is 20.2 Å². The molecule has 2 atom stereocenters. The third-order valence-corrected chi connectivity index (χ3v) is 11.8. The Balaban J connectivity index is 1.18. The minimum atomic E-state index is -0.501. The summed E-state index contributed by atoms with van der Waals surface area (Å²) < 4.78 is 2.48. The summed E-state index contributed by atoms with van der Waals surface area (Å²) in [5.41, 5.74) is 16.0. The van der Waals surface area contributed by atoms with Gasteiger partial charge in [-0.3, -0.25) is 0 Å². The Morgan fingerprint density at radius 3 is 2.14 bits per heavy atom. The number of benzene rings is 8. The molecule has 0 fully saturated rings.